The first kappa shape index (κ1) is 28.4. The maximum Gasteiger partial charge on any atom is 0.248 e. The van der Waals surface area contributed by atoms with Crippen LogP contribution < -0.4 is 0 Å². The van der Waals surface area contributed by atoms with Crippen LogP contribution >= 0.6 is 0 Å². The molecule has 3 aliphatic heterocycles. The third-order valence-electron chi connectivity index (χ3n) is 7.97. The Morgan fingerprint density at radius 3 is 2.36 bits per heavy atom. The number of carbonyl (C=O) groups is 3. The quantitative estimate of drug-likeness (QED) is 0.258. The first-order chi connectivity index (χ1) is 17.4. The number of likely N-dealkylation sites (tertiary alicyclic amines) is 1. The van der Waals surface area contributed by atoms with E-state index in [2.05, 4.69) is 20.1 Å². The van der Waals surface area contributed by atoms with Gasteiger partial charge in [0.25, 0.3) is 0 Å². The van der Waals surface area contributed by atoms with Gasteiger partial charge < -0.3 is 24.5 Å². The van der Waals surface area contributed by atoms with Gasteiger partial charge in [-0.25, -0.2) is 0 Å². The number of hydrogen-bond acceptors (Lipinski definition) is 5. The van der Waals surface area contributed by atoms with Crippen LogP contribution in [0.15, 0.2) is 25.3 Å². The lowest BCUT2D eigenvalue weighted by atomic mass is 9.70. The molecule has 0 aliphatic carbocycles. The number of fused-ring (bicyclic) bond motifs is 1. The lowest BCUT2D eigenvalue weighted by Crippen LogP contribution is -2.56. The van der Waals surface area contributed by atoms with E-state index in [1.54, 1.807) is 26.9 Å². The van der Waals surface area contributed by atoms with E-state index in [0.29, 0.717) is 58.4 Å². The van der Waals surface area contributed by atoms with Gasteiger partial charge in [0, 0.05) is 39.3 Å². The predicted octanol–water partition coefficient (Wildman–Crippen LogP) is 2.76. The van der Waals surface area contributed by atoms with Gasteiger partial charge in [-0.1, -0.05) is 38.8 Å². The number of rotatable bonds is 16. The minimum Gasteiger partial charge on any atom is -0.396 e. The summed E-state index contributed by atoms with van der Waals surface area (Å²) in [6, 6.07) is -0.753. The summed E-state index contributed by atoms with van der Waals surface area (Å²) >= 11 is 0. The van der Waals surface area contributed by atoms with Gasteiger partial charge in [-0.15, -0.1) is 13.2 Å². The van der Waals surface area contributed by atoms with Gasteiger partial charge in [0.15, 0.2) is 0 Å². The van der Waals surface area contributed by atoms with E-state index < -0.39 is 23.5 Å². The third kappa shape index (κ3) is 5.25. The Morgan fingerprint density at radius 2 is 1.75 bits per heavy atom. The van der Waals surface area contributed by atoms with Gasteiger partial charge in [0.05, 0.1) is 17.9 Å². The molecule has 2 unspecified atom stereocenters. The van der Waals surface area contributed by atoms with Crippen LogP contribution in [-0.4, -0.2) is 94.6 Å². The molecule has 3 fully saturated rings. The van der Waals surface area contributed by atoms with Gasteiger partial charge >= 0.3 is 0 Å². The Kier molecular flexibility index (Phi) is 10.1. The molecule has 36 heavy (non-hydrogen) atoms. The van der Waals surface area contributed by atoms with Crippen LogP contribution in [0.1, 0.15) is 65.2 Å². The number of ether oxygens (including phenoxy) is 1. The SMILES string of the molecule is C=CCN(CCCCC)C(=O)C1N(CCCCO)C(=O)[C@@H]2[C@@H](C(=O)N(CC=C)CCC)[C@H]3CCC12O3. The fourth-order valence-electron chi connectivity index (χ4n) is 6.45. The highest BCUT2D eigenvalue weighted by Gasteiger charge is 2.74. The van der Waals surface area contributed by atoms with Crippen molar-refractivity contribution in [2.45, 2.75) is 83.0 Å². The van der Waals surface area contributed by atoms with Crippen LogP contribution in [0.3, 0.4) is 0 Å². The zero-order valence-electron chi connectivity index (χ0n) is 22.2. The predicted molar refractivity (Wildman–Crippen MR) is 139 cm³/mol. The molecular formula is C28H45N3O5. The summed E-state index contributed by atoms with van der Waals surface area (Å²) in [7, 11) is 0. The zero-order valence-corrected chi connectivity index (χ0v) is 22.2. The molecule has 0 aromatic carbocycles. The van der Waals surface area contributed by atoms with Crippen LogP contribution in [-0.2, 0) is 19.1 Å². The number of unbranched alkanes of at least 4 members (excludes halogenated alkanes) is 3. The topological polar surface area (TPSA) is 90.4 Å². The highest BCUT2D eigenvalue weighted by atomic mass is 16.5. The number of aliphatic hydroxyl groups excluding tert-OH is 1. The molecule has 3 aliphatic rings. The van der Waals surface area contributed by atoms with Crippen LogP contribution in [0.2, 0.25) is 0 Å². The number of amides is 3. The molecule has 8 nitrogen and oxygen atoms in total. The molecule has 3 amide bonds. The first-order valence-corrected chi connectivity index (χ1v) is 13.8. The standard InChI is InChI=1S/C28H45N3O5/c1-5-9-10-18-30(17-8-4)27(35)24-28-14-13-21(36-28)22(25(33)29(15-6-2)16-7-3)23(28)26(34)31(24)19-11-12-20-32/h6,8,21-24,32H,2,4-5,7,9-20H2,1,3H3/t21-,22+,23+,24?,28?/m1/s1. The molecule has 0 radical (unpaired) electrons. The van der Waals surface area contributed by atoms with E-state index in [9.17, 15) is 19.5 Å². The van der Waals surface area contributed by atoms with Gasteiger partial charge in [-0.2, -0.15) is 0 Å². The van der Waals surface area contributed by atoms with Crippen molar-refractivity contribution in [3.05, 3.63) is 25.3 Å². The van der Waals surface area contributed by atoms with Crippen molar-refractivity contribution >= 4 is 17.7 Å². The molecular weight excluding hydrogens is 458 g/mol. The van der Waals surface area contributed by atoms with E-state index in [4.69, 9.17) is 4.74 Å². The highest BCUT2D eigenvalue weighted by molar-refractivity contribution is 5.99. The Hall–Kier alpha value is -2.19. The smallest absolute Gasteiger partial charge is 0.248 e. The second kappa shape index (κ2) is 12.9. The minimum atomic E-state index is -0.978. The normalized spacial score (nSPS) is 28.3. The summed E-state index contributed by atoms with van der Waals surface area (Å²) in [5.41, 5.74) is -0.978. The molecule has 0 aromatic rings. The Morgan fingerprint density at radius 1 is 1.06 bits per heavy atom. The van der Waals surface area contributed by atoms with Crippen LogP contribution in [0, 0.1) is 11.8 Å². The number of carbonyl (C=O) groups excluding carboxylic acids is 3. The Balaban J connectivity index is 1.96. The van der Waals surface area contributed by atoms with Crippen molar-refractivity contribution < 1.29 is 24.2 Å². The van der Waals surface area contributed by atoms with Crippen molar-refractivity contribution in [3.8, 4) is 0 Å². The maximum absolute atomic E-state index is 14.1. The molecule has 0 saturated carbocycles. The molecule has 3 heterocycles. The summed E-state index contributed by atoms with van der Waals surface area (Å²) in [6.45, 7) is 14.2. The fraction of sp³-hybridized carbons (Fsp3) is 0.750. The molecule has 5 atom stereocenters. The maximum atomic E-state index is 14.1. The lowest BCUT2D eigenvalue weighted by molar-refractivity contribution is -0.148. The largest absolute Gasteiger partial charge is 0.396 e. The lowest BCUT2D eigenvalue weighted by Gasteiger charge is -2.37. The molecule has 1 N–H and O–H groups in total. The molecule has 8 heteroatoms. The number of aliphatic hydroxyl groups is 1. The van der Waals surface area contributed by atoms with E-state index in [-0.39, 0.29) is 30.4 Å². The second-order valence-corrected chi connectivity index (χ2v) is 10.4. The summed E-state index contributed by atoms with van der Waals surface area (Å²) in [5.74, 6) is -1.58. The molecule has 2 bridgehead atoms. The summed E-state index contributed by atoms with van der Waals surface area (Å²) in [5, 5.41) is 9.33. The number of nitrogens with zero attached hydrogens (tertiary/aromatic N) is 3. The van der Waals surface area contributed by atoms with Crippen molar-refractivity contribution in [2.24, 2.45) is 11.8 Å². The van der Waals surface area contributed by atoms with Crippen molar-refractivity contribution in [1.82, 2.24) is 14.7 Å². The molecule has 3 rings (SSSR count). The van der Waals surface area contributed by atoms with Crippen molar-refractivity contribution in [3.63, 3.8) is 0 Å². The average Bonchev–Trinajstić information content (AvgIpc) is 3.50. The Bertz CT molecular complexity index is 817. The van der Waals surface area contributed by atoms with Crippen LogP contribution in [0.25, 0.3) is 0 Å². The van der Waals surface area contributed by atoms with Gasteiger partial charge in [-0.05, 0) is 38.5 Å². The summed E-state index contributed by atoms with van der Waals surface area (Å²) < 4.78 is 6.56. The average molecular weight is 504 g/mol. The van der Waals surface area contributed by atoms with Gasteiger partial charge in [0.2, 0.25) is 17.7 Å². The van der Waals surface area contributed by atoms with E-state index >= 15 is 0 Å². The highest BCUT2D eigenvalue weighted by Crippen LogP contribution is 2.59. The van der Waals surface area contributed by atoms with Crippen LogP contribution in [0.4, 0.5) is 0 Å². The second-order valence-electron chi connectivity index (χ2n) is 10.4. The monoisotopic (exact) mass is 503 g/mol. The Labute approximate surface area is 216 Å². The van der Waals surface area contributed by atoms with E-state index in [0.717, 1.165) is 25.7 Å². The van der Waals surface area contributed by atoms with E-state index in [1.807, 2.05) is 6.92 Å². The van der Waals surface area contributed by atoms with Gasteiger partial charge in [-0.3, -0.25) is 14.4 Å². The van der Waals surface area contributed by atoms with Crippen molar-refractivity contribution in [2.75, 3.05) is 39.3 Å². The number of hydrogen-bond donors (Lipinski definition) is 1. The molecule has 3 saturated heterocycles. The first-order valence-electron chi connectivity index (χ1n) is 13.8. The zero-order chi connectivity index (χ0) is 26.3. The van der Waals surface area contributed by atoms with E-state index in [1.165, 1.54) is 0 Å². The molecule has 0 aromatic heterocycles. The van der Waals surface area contributed by atoms with Gasteiger partial charge in [0.1, 0.15) is 11.6 Å². The summed E-state index contributed by atoms with van der Waals surface area (Å²) in [6.07, 6.45) is 9.25. The minimum absolute atomic E-state index is 0.0298. The summed E-state index contributed by atoms with van der Waals surface area (Å²) in [4.78, 5) is 47.0. The third-order valence-corrected chi connectivity index (χ3v) is 7.97. The fourth-order valence-corrected chi connectivity index (χ4v) is 6.45. The van der Waals surface area contributed by atoms with Crippen LogP contribution in [0.5, 0.6) is 0 Å². The molecule has 1 spiro atoms. The van der Waals surface area contributed by atoms with Crippen molar-refractivity contribution in [1.29, 1.82) is 0 Å². The molecule has 202 valence electrons.